The van der Waals surface area contributed by atoms with E-state index in [1.165, 1.54) is 31.3 Å². The molecule has 0 bridgehead atoms. The largest absolute Gasteiger partial charge is 0.460 e. The van der Waals surface area contributed by atoms with E-state index in [2.05, 4.69) is 10.6 Å². The molecule has 3 aromatic rings. The molecule has 0 amide bonds. The fourth-order valence-corrected chi connectivity index (χ4v) is 5.39. The first-order chi connectivity index (χ1) is 19.0. The van der Waals surface area contributed by atoms with Gasteiger partial charge in [0.25, 0.3) is 0 Å². The highest BCUT2D eigenvalue weighted by molar-refractivity contribution is 7.99. The van der Waals surface area contributed by atoms with Crippen LogP contribution in [0.5, 0.6) is 0 Å². The van der Waals surface area contributed by atoms with Gasteiger partial charge in [-0.1, -0.05) is 42.5 Å². The van der Waals surface area contributed by atoms with Crippen LogP contribution in [-0.2, 0) is 0 Å². The standard InChI is InChI=1S/C27H19F9N2O2S/c1-37-21-18(41-12-11-24(28,29)25(30,31)26(32,33)27(34,35)36)13-17(38-14-7-3-2-4-8-14)19-20(21)23(40)16-10-6-5-9-15(16)22(19)39/h2-10,13,37-38H,11-12H2,1H3. The number of carbonyl (C=O) groups excluding carboxylic acids is 2. The van der Waals surface area contributed by atoms with Crippen molar-refractivity contribution in [2.24, 2.45) is 0 Å². The number of nitrogens with one attached hydrogen (secondary N) is 2. The van der Waals surface area contributed by atoms with Crippen LogP contribution in [-0.4, -0.2) is 48.3 Å². The van der Waals surface area contributed by atoms with Gasteiger partial charge in [-0.15, -0.1) is 11.8 Å². The molecule has 0 radical (unpaired) electrons. The van der Waals surface area contributed by atoms with Gasteiger partial charge >= 0.3 is 23.9 Å². The van der Waals surface area contributed by atoms with Crippen molar-refractivity contribution in [2.45, 2.75) is 35.3 Å². The SMILES string of the molecule is CNc1c(SCCC(F)(F)C(F)(F)C(F)(F)C(F)(F)F)cc(Nc2ccccc2)c2c1C(=O)c1ccccc1C2=O. The second-order valence-corrected chi connectivity index (χ2v) is 10.1. The number of para-hydroxylation sites is 1. The maximum absolute atomic E-state index is 14.2. The Hall–Kier alpha value is -3.68. The Kier molecular flexibility index (Phi) is 7.84. The van der Waals surface area contributed by atoms with Crippen molar-refractivity contribution in [1.82, 2.24) is 0 Å². The molecule has 0 spiro atoms. The predicted octanol–water partition coefficient (Wildman–Crippen LogP) is 8.20. The highest BCUT2D eigenvalue weighted by Crippen LogP contribution is 2.54. The molecule has 0 saturated heterocycles. The zero-order valence-corrected chi connectivity index (χ0v) is 21.6. The molecule has 2 N–H and O–H groups in total. The van der Waals surface area contributed by atoms with Gasteiger partial charge < -0.3 is 10.6 Å². The normalized spacial score (nSPS) is 14.0. The molecule has 1 aliphatic rings. The molecular formula is C27H19F9N2O2S. The lowest BCUT2D eigenvalue weighted by Gasteiger charge is -2.33. The van der Waals surface area contributed by atoms with Crippen LogP contribution >= 0.6 is 11.8 Å². The average Bonchev–Trinajstić information content (AvgIpc) is 2.91. The van der Waals surface area contributed by atoms with E-state index in [1.54, 1.807) is 36.4 Å². The smallest absolute Gasteiger partial charge is 0.387 e. The van der Waals surface area contributed by atoms with Crippen LogP contribution in [0.1, 0.15) is 38.3 Å². The lowest BCUT2D eigenvalue weighted by Crippen LogP contribution is -2.60. The Balaban J connectivity index is 1.75. The van der Waals surface area contributed by atoms with Crippen molar-refractivity contribution in [3.05, 3.63) is 82.9 Å². The topological polar surface area (TPSA) is 58.2 Å². The van der Waals surface area contributed by atoms with Crippen LogP contribution in [0.3, 0.4) is 0 Å². The van der Waals surface area contributed by atoms with Crippen molar-refractivity contribution in [3.8, 4) is 0 Å². The lowest BCUT2D eigenvalue weighted by molar-refractivity contribution is -0.396. The van der Waals surface area contributed by atoms with Gasteiger partial charge in [-0.25, -0.2) is 0 Å². The number of hydrogen-bond acceptors (Lipinski definition) is 5. The highest BCUT2D eigenvalue weighted by Gasteiger charge is 2.81. The zero-order chi connectivity index (χ0) is 30.4. The van der Waals surface area contributed by atoms with Gasteiger partial charge in [0.05, 0.1) is 22.5 Å². The number of thioether (sulfide) groups is 1. The number of fused-ring (bicyclic) bond motifs is 2. The summed E-state index contributed by atoms with van der Waals surface area (Å²) in [6, 6.07) is 15.5. The van der Waals surface area contributed by atoms with Crippen molar-refractivity contribution in [1.29, 1.82) is 0 Å². The summed E-state index contributed by atoms with van der Waals surface area (Å²) in [7, 11) is 1.34. The molecule has 0 unspecified atom stereocenters. The monoisotopic (exact) mass is 606 g/mol. The van der Waals surface area contributed by atoms with E-state index in [0.717, 1.165) is 0 Å². The third kappa shape index (κ3) is 5.13. The highest BCUT2D eigenvalue weighted by atomic mass is 32.2. The summed E-state index contributed by atoms with van der Waals surface area (Å²) in [4.78, 5) is 27.0. The second-order valence-electron chi connectivity index (χ2n) is 8.94. The molecule has 0 aromatic heterocycles. The number of anilines is 3. The summed E-state index contributed by atoms with van der Waals surface area (Å²) in [6.07, 6.45) is -8.97. The number of carbonyl (C=O) groups is 2. The van der Waals surface area contributed by atoms with Crippen LogP contribution in [0.15, 0.2) is 65.6 Å². The van der Waals surface area contributed by atoms with Gasteiger partial charge in [0, 0.05) is 40.9 Å². The fraction of sp³-hybridized carbons (Fsp3) is 0.259. The summed E-state index contributed by atoms with van der Waals surface area (Å²) >= 11 is 0.409. The van der Waals surface area contributed by atoms with Crippen LogP contribution < -0.4 is 10.6 Å². The third-order valence-electron chi connectivity index (χ3n) is 6.35. The van der Waals surface area contributed by atoms with Crippen LogP contribution in [0.25, 0.3) is 0 Å². The van der Waals surface area contributed by atoms with Crippen LogP contribution in [0.2, 0.25) is 0 Å². The molecule has 4 rings (SSSR count). The van der Waals surface area contributed by atoms with Crippen molar-refractivity contribution in [2.75, 3.05) is 23.4 Å². The minimum absolute atomic E-state index is 0.0214. The maximum atomic E-state index is 14.2. The van der Waals surface area contributed by atoms with Gasteiger partial charge in [0.2, 0.25) is 0 Å². The molecule has 1 aliphatic carbocycles. The first-order valence-electron chi connectivity index (χ1n) is 11.8. The van der Waals surface area contributed by atoms with Crippen molar-refractivity contribution < 1.29 is 49.1 Å². The summed E-state index contributed by atoms with van der Waals surface area (Å²) in [6.45, 7) is 0. The number of benzene rings is 3. The summed E-state index contributed by atoms with van der Waals surface area (Å²) in [5, 5.41) is 5.66. The number of halogens is 9. The Labute approximate surface area is 231 Å². The van der Waals surface area contributed by atoms with E-state index in [-0.39, 0.29) is 38.5 Å². The van der Waals surface area contributed by atoms with Gasteiger partial charge in [0.15, 0.2) is 11.6 Å². The summed E-state index contributed by atoms with van der Waals surface area (Å²) in [5.74, 6) is -21.7. The molecule has 0 aliphatic heterocycles. The number of hydrogen-bond donors (Lipinski definition) is 2. The quantitative estimate of drug-likeness (QED) is 0.149. The van der Waals surface area contributed by atoms with E-state index in [0.29, 0.717) is 17.4 Å². The number of ketones is 2. The Bertz CT molecular complexity index is 1490. The lowest BCUT2D eigenvalue weighted by atomic mass is 9.82. The Morgan fingerprint density at radius 1 is 0.732 bits per heavy atom. The molecule has 4 nitrogen and oxygen atoms in total. The van der Waals surface area contributed by atoms with E-state index >= 15 is 0 Å². The second kappa shape index (κ2) is 10.6. The molecule has 3 aromatic carbocycles. The number of rotatable bonds is 9. The Morgan fingerprint density at radius 3 is 1.80 bits per heavy atom. The van der Waals surface area contributed by atoms with E-state index < -0.39 is 47.7 Å². The van der Waals surface area contributed by atoms with Gasteiger partial charge in [-0.2, -0.15) is 39.5 Å². The van der Waals surface area contributed by atoms with Crippen LogP contribution in [0.4, 0.5) is 56.6 Å². The van der Waals surface area contributed by atoms with E-state index in [9.17, 15) is 49.1 Å². The summed E-state index contributed by atoms with van der Waals surface area (Å²) in [5.41, 5.74) is 0.426. The first kappa shape index (κ1) is 30.3. The Morgan fingerprint density at radius 2 is 1.27 bits per heavy atom. The first-order valence-corrected chi connectivity index (χ1v) is 12.8. The molecule has 0 atom stereocenters. The van der Waals surface area contributed by atoms with Gasteiger partial charge in [0.1, 0.15) is 0 Å². The number of alkyl halides is 9. The van der Waals surface area contributed by atoms with Crippen LogP contribution in [0, 0.1) is 0 Å². The molecule has 0 fully saturated rings. The minimum atomic E-state index is -6.98. The molecule has 0 heterocycles. The molecule has 14 heteroatoms. The fourth-order valence-electron chi connectivity index (χ4n) is 4.26. The third-order valence-corrected chi connectivity index (χ3v) is 7.39. The molecule has 41 heavy (non-hydrogen) atoms. The zero-order valence-electron chi connectivity index (χ0n) is 20.8. The van der Waals surface area contributed by atoms with E-state index in [1.807, 2.05) is 0 Å². The van der Waals surface area contributed by atoms with Crippen molar-refractivity contribution in [3.63, 3.8) is 0 Å². The molecule has 0 saturated carbocycles. The maximum Gasteiger partial charge on any atom is 0.460 e. The van der Waals surface area contributed by atoms with Gasteiger partial charge in [-0.3, -0.25) is 9.59 Å². The van der Waals surface area contributed by atoms with E-state index in [4.69, 9.17) is 0 Å². The molecular weight excluding hydrogens is 587 g/mol. The summed E-state index contributed by atoms with van der Waals surface area (Å²) < 4.78 is 120. The minimum Gasteiger partial charge on any atom is -0.387 e. The van der Waals surface area contributed by atoms with Gasteiger partial charge in [-0.05, 0) is 18.2 Å². The molecule has 218 valence electrons. The predicted molar refractivity (Wildman–Crippen MR) is 135 cm³/mol. The average molecular weight is 607 g/mol. The van der Waals surface area contributed by atoms with Crippen molar-refractivity contribution >= 4 is 40.4 Å².